The minimum Gasteiger partial charge on any atom is -0.0654 e. The van der Waals surface area contributed by atoms with Crippen LogP contribution in [0.15, 0.2) is 0 Å². The third kappa shape index (κ3) is 9.80. The summed E-state index contributed by atoms with van der Waals surface area (Å²) in [6, 6.07) is 0. The Kier molecular flexibility index (Phi) is 12.4. The average molecular weight is 431 g/mol. The highest BCUT2D eigenvalue weighted by molar-refractivity contribution is 4.81. The fourth-order valence-corrected chi connectivity index (χ4v) is 7.69. The first kappa shape index (κ1) is 25.6. The number of hydrogen-bond acceptors (Lipinski definition) is 0. The molecule has 0 aromatic rings. The molecule has 0 aromatic heterocycles. The van der Waals surface area contributed by atoms with Crippen molar-refractivity contribution in [3.63, 3.8) is 0 Å². The molecule has 0 N–H and O–H groups in total. The summed E-state index contributed by atoms with van der Waals surface area (Å²) in [7, 11) is 0. The van der Waals surface area contributed by atoms with Crippen molar-refractivity contribution in [1.82, 2.24) is 0 Å². The quantitative estimate of drug-likeness (QED) is 0.255. The van der Waals surface area contributed by atoms with E-state index in [2.05, 4.69) is 13.8 Å². The molecule has 0 heteroatoms. The van der Waals surface area contributed by atoms with Crippen LogP contribution in [0, 0.1) is 35.5 Å². The summed E-state index contributed by atoms with van der Waals surface area (Å²) in [5, 5.41) is 0. The Morgan fingerprint density at radius 1 is 0.355 bits per heavy atom. The van der Waals surface area contributed by atoms with E-state index in [4.69, 9.17) is 0 Å². The summed E-state index contributed by atoms with van der Waals surface area (Å²) in [6.07, 6.45) is 35.3. The van der Waals surface area contributed by atoms with Crippen molar-refractivity contribution in [3.05, 3.63) is 0 Å². The summed E-state index contributed by atoms with van der Waals surface area (Å²) in [6.45, 7) is 4.68. The van der Waals surface area contributed by atoms with Gasteiger partial charge >= 0.3 is 0 Å². The Morgan fingerprint density at radius 2 is 0.677 bits per heavy atom. The zero-order chi connectivity index (χ0) is 21.7. The van der Waals surface area contributed by atoms with Gasteiger partial charge in [-0.05, 0) is 48.3 Å². The van der Waals surface area contributed by atoms with E-state index in [0.29, 0.717) is 0 Å². The van der Waals surface area contributed by atoms with E-state index in [9.17, 15) is 0 Å². The summed E-state index contributed by atoms with van der Waals surface area (Å²) < 4.78 is 0. The molecule has 0 bridgehead atoms. The van der Waals surface area contributed by atoms with Gasteiger partial charge < -0.3 is 0 Å². The fraction of sp³-hybridized carbons (Fsp3) is 1.00. The normalized spacial score (nSPS) is 34.6. The van der Waals surface area contributed by atoms with E-state index >= 15 is 0 Å². The van der Waals surface area contributed by atoms with Crippen molar-refractivity contribution in [1.29, 1.82) is 0 Å². The fourth-order valence-electron chi connectivity index (χ4n) is 7.69. The van der Waals surface area contributed by atoms with Gasteiger partial charge in [0, 0.05) is 0 Å². The first-order valence-electron chi connectivity index (χ1n) is 15.3. The van der Waals surface area contributed by atoms with Gasteiger partial charge in [-0.3, -0.25) is 0 Å². The van der Waals surface area contributed by atoms with Crippen molar-refractivity contribution in [3.8, 4) is 0 Å². The van der Waals surface area contributed by atoms with E-state index in [-0.39, 0.29) is 0 Å². The molecule has 182 valence electrons. The maximum Gasteiger partial charge on any atom is -0.0411 e. The highest BCUT2D eigenvalue weighted by Crippen LogP contribution is 2.42. The molecule has 3 fully saturated rings. The van der Waals surface area contributed by atoms with Gasteiger partial charge in [-0.2, -0.15) is 0 Å². The molecule has 0 aromatic carbocycles. The topological polar surface area (TPSA) is 0 Å². The molecule has 0 atom stereocenters. The predicted molar refractivity (Wildman–Crippen MR) is 138 cm³/mol. The minimum absolute atomic E-state index is 1.09. The second-order valence-corrected chi connectivity index (χ2v) is 12.5. The molecule has 0 unspecified atom stereocenters. The van der Waals surface area contributed by atoms with Gasteiger partial charge in [0.15, 0.2) is 0 Å². The maximum absolute atomic E-state index is 2.35. The molecule has 3 saturated carbocycles. The van der Waals surface area contributed by atoms with Crippen LogP contribution in [-0.4, -0.2) is 0 Å². The van der Waals surface area contributed by atoms with Crippen molar-refractivity contribution in [2.45, 2.75) is 162 Å². The number of unbranched alkanes of at least 4 members (excludes halogenated alkanes) is 5. The second-order valence-electron chi connectivity index (χ2n) is 12.5. The molecule has 3 aliphatic rings. The third-order valence-electron chi connectivity index (χ3n) is 9.91. The van der Waals surface area contributed by atoms with E-state index in [1.807, 2.05) is 0 Å². The largest absolute Gasteiger partial charge is 0.0654 e. The highest BCUT2D eigenvalue weighted by atomic mass is 14.3. The lowest BCUT2D eigenvalue weighted by Gasteiger charge is -2.36. The first-order chi connectivity index (χ1) is 15.3. The van der Waals surface area contributed by atoms with Crippen molar-refractivity contribution in [2.75, 3.05) is 0 Å². The Balaban J connectivity index is 1.21. The Bertz CT molecular complexity index is 415. The van der Waals surface area contributed by atoms with Gasteiger partial charge in [0.25, 0.3) is 0 Å². The smallest absolute Gasteiger partial charge is 0.0411 e. The van der Waals surface area contributed by atoms with E-state index in [1.54, 1.807) is 96.3 Å². The van der Waals surface area contributed by atoms with Crippen molar-refractivity contribution >= 4 is 0 Å². The van der Waals surface area contributed by atoms with E-state index in [0.717, 1.165) is 35.5 Å². The lowest BCUT2D eigenvalue weighted by molar-refractivity contribution is 0.161. The molecule has 0 saturated heterocycles. The van der Waals surface area contributed by atoms with Gasteiger partial charge in [0.2, 0.25) is 0 Å². The van der Waals surface area contributed by atoms with Gasteiger partial charge in [-0.15, -0.1) is 0 Å². The van der Waals surface area contributed by atoms with E-state index < -0.39 is 0 Å². The lowest BCUT2D eigenvalue weighted by atomic mass is 9.70. The summed E-state index contributed by atoms with van der Waals surface area (Å²) in [5.41, 5.74) is 0. The van der Waals surface area contributed by atoms with Crippen molar-refractivity contribution in [2.24, 2.45) is 35.5 Å². The van der Waals surface area contributed by atoms with Crippen LogP contribution in [0.3, 0.4) is 0 Å². The van der Waals surface area contributed by atoms with Crippen molar-refractivity contribution < 1.29 is 0 Å². The molecule has 3 rings (SSSR count). The predicted octanol–water partition coefficient (Wildman–Crippen LogP) is 10.7. The SMILES string of the molecule is CCCCCCC[C@H]1CC[C@H](C[C@H]2CC[C@H](C[C@H]3CC[C@H](CCCC)CC3)CC2)CC1. The monoisotopic (exact) mass is 430 g/mol. The Labute approximate surface area is 197 Å². The molecule has 0 heterocycles. The molecule has 0 spiro atoms. The van der Waals surface area contributed by atoms with Gasteiger partial charge in [0.05, 0.1) is 0 Å². The Morgan fingerprint density at radius 3 is 1.06 bits per heavy atom. The summed E-state index contributed by atoms with van der Waals surface area (Å²) in [5.74, 6) is 6.55. The van der Waals surface area contributed by atoms with Gasteiger partial charge in [-0.1, -0.05) is 149 Å². The molecule has 0 nitrogen and oxygen atoms in total. The van der Waals surface area contributed by atoms with Crippen LogP contribution in [0.5, 0.6) is 0 Å². The molecule has 3 aliphatic carbocycles. The molecule has 31 heavy (non-hydrogen) atoms. The van der Waals surface area contributed by atoms with E-state index in [1.165, 1.54) is 51.4 Å². The second kappa shape index (κ2) is 15.0. The molecular formula is C31H58. The minimum atomic E-state index is 1.09. The van der Waals surface area contributed by atoms with Gasteiger partial charge in [0.1, 0.15) is 0 Å². The molecule has 0 aliphatic heterocycles. The van der Waals surface area contributed by atoms with Gasteiger partial charge in [-0.25, -0.2) is 0 Å². The van der Waals surface area contributed by atoms with Crippen LogP contribution in [0.1, 0.15) is 162 Å². The summed E-state index contributed by atoms with van der Waals surface area (Å²) >= 11 is 0. The lowest BCUT2D eigenvalue weighted by Crippen LogP contribution is -2.23. The van der Waals surface area contributed by atoms with Crippen LogP contribution in [0.4, 0.5) is 0 Å². The highest BCUT2D eigenvalue weighted by Gasteiger charge is 2.29. The molecule has 0 amide bonds. The first-order valence-corrected chi connectivity index (χ1v) is 15.3. The van der Waals surface area contributed by atoms with Crippen LogP contribution in [-0.2, 0) is 0 Å². The Hall–Kier alpha value is 0. The van der Waals surface area contributed by atoms with Crippen LogP contribution in [0.2, 0.25) is 0 Å². The maximum atomic E-state index is 2.35. The standard InChI is InChI=1S/C31H58/c1-3-5-7-8-9-11-27-14-18-29(19-15-27)25-31-22-20-30(21-23-31)24-28-16-12-26(13-17-28)10-6-4-2/h26-31H,3-25H2,1-2H3/t26-,27-,28-,29-,30-,31-. The number of hydrogen-bond donors (Lipinski definition) is 0. The summed E-state index contributed by atoms with van der Waals surface area (Å²) in [4.78, 5) is 0. The number of rotatable bonds is 13. The average Bonchev–Trinajstić information content (AvgIpc) is 2.81. The zero-order valence-corrected chi connectivity index (χ0v) is 21.7. The van der Waals surface area contributed by atoms with Crippen LogP contribution in [0.25, 0.3) is 0 Å². The van der Waals surface area contributed by atoms with Crippen LogP contribution >= 0.6 is 0 Å². The molecule has 0 radical (unpaired) electrons. The van der Waals surface area contributed by atoms with Crippen LogP contribution < -0.4 is 0 Å². The molecular weight excluding hydrogens is 372 g/mol. The zero-order valence-electron chi connectivity index (χ0n) is 21.7. The third-order valence-corrected chi connectivity index (χ3v) is 9.91.